The highest BCUT2D eigenvalue weighted by molar-refractivity contribution is 5.68. The fourth-order valence-electron chi connectivity index (χ4n) is 2.38. The summed E-state index contributed by atoms with van der Waals surface area (Å²) >= 11 is 0. The summed E-state index contributed by atoms with van der Waals surface area (Å²) in [5, 5.41) is 10.7. The third-order valence-corrected chi connectivity index (χ3v) is 3.47. The summed E-state index contributed by atoms with van der Waals surface area (Å²) in [5.41, 5.74) is 2.67. The molecule has 24 heavy (non-hydrogen) atoms. The van der Waals surface area contributed by atoms with Crippen LogP contribution in [0.15, 0.2) is 59.3 Å². The molecule has 0 fully saturated rings. The van der Waals surface area contributed by atoms with Crippen molar-refractivity contribution >= 4 is 0 Å². The normalized spacial score (nSPS) is 10.9. The van der Waals surface area contributed by atoms with E-state index in [1.54, 1.807) is 6.20 Å². The molecule has 0 aliphatic rings. The minimum Gasteiger partial charge on any atom is -0.334 e. The molecule has 2 aromatic carbocycles. The van der Waals surface area contributed by atoms with Crippen LogP contribution in [0.5, 0.6) is 0 Å². The van der Waals surface area contributed by atoms with Gasteiger partial charge >= 0.3 is 0 Å². The lowest BCUT2D eigenvalue weighted by Gasteiger charge is -1.99. The van der Waals surface area contributed by atoms with Crippen molar-refractivity contribution in [1.82, 2.24) is 20.3 Å². The molecule has 2 heterocycles. The topological polar surface area (TPSA) is 67.6 Å². The van der Waals surface area contributed by atoms with Crippen molar-refractivity contribution in [2.45, 2.75) is 0 Å². The number of H-pyrrole nitrogens is 1. The zero-order valence-electron chi connectivity index (χ0n) is 12.2. The van der Waals surface area contributed by atoms with Crippen molar-refractivity contribution in [3.8, 4) is 34.1 Å². The Morgan fingerprint density at radius 2 is 1.67 bits per heavy atom. The van der Waals surface area contributed by atoms with E-state index in [0.29, 0.717) is 11.4 Å². The molecule has 0 spiro atoms. The Morgan fingerprint density at radius 1 is 0.875 bits per heavy atom. The fourth-order valence-corrected chi connectivity index (χ4v) is 2.38. The zero-order chi connectivity index (χ0) is 16.5. The molecule has 0 amide bonds. The van der Waals surface area contributed by atoms with Gasteiger partial charge in [0.1, 0.15) is 11.6 Å². The lowest BCUT2D eigenvalue weighted by atomic mass is 10.1. The minimum atomic E-state index is -0.703. The van der Waals surface area contributed by atoms with Crippen molar-refractivity contribution in [1.29, 1.82) is 0 Å². The van der Waals surface area contributed by atoms with Crippen LogP contribution in [0.3, 0.4) is 0 Å². The van der Waals surface area contributed by atoms with E-state index in [-0.39, 0.29) is 11.5 Å². The molecule has 118 valence electrons. The van der Waals surface area contributed by atoms with Gasteiger partial charge in [0.05, 0.1) is 5.69 Å². The standard InChI is InChI=1S/C17H10F2N4O/c18-13-7-12(8-14(19)9-13)17-21-16(23-24-17)11-3-1-2-10(6-11)15-4-5-20-22-15/h1-9H,(H,20,22). The lowest BCUT2D eigenvalue weighted by Crippen LogP contribution is -1.85. The Balaban J connectivity index is 1.71. The molecule has 2 aromatic heterocycles. The third kappa shape index (κ3) is 2.67. The molecule has 1 N–H and O–H groups in total. The number of aromatic nitrogens is 4. The van der Waals surface area contributed by atoms with Crippen LogP contribution in [-0.4, -0.2) is 20.3 Å². The van der Waals surface area contributed by atoms with E-state index >= 15 is 0 Å². The molecule has 0 bridgehead atoms. The predicted molar refractivity (Wildman–Crippen MR) is 82.7 cm³/mol. The van der Waals surface area contributed by atoms with E-state index in [1.165, 1.54) is 0 Å². The second kappa shape index (κ2) is 5.69. The average molecular weight is 324 g/mol. The SMILES string of the molecule is Fc1cc(F)cc(-c2nc(-c3cccc(-c4ccn[nH]4)c3)no2)c1. The minimum absolute atomic E-state index is 0.0512. The number of benzene rings is 2. The second-order valence-corrected chi connectivity index (χ2v) is 5.13. The molecule has 4 rings (SSSR count). The van der Waals surface area contributed by atoms with Crippen LogP contribution < -0.4 is 0 Å². The zero-order valence-corrected chi connectivity index (χ0v) is 12.2. The molecule has 7 heteroatoms. The molecular weight excluding hydrogens is 314 g/mol. The summed E-state index contributed by atoms with van der Waals surface area (Å²) in [5.74, 6) is -1.02. The Bertz CT molecular complexity index is 975. The maximum absolute atomic E-state index is 13.3. The number of aromatic amines is 1. The first kappa shape index (κ1) is 14.3. The van der Waals surface area contributed by atoms with E-state index in [1.807, 2.05) is 30.3 Å². The molecule has 0 saturated carbocycles. The molecule has 0 saturated heterocycles. The van der Waals surface area contributed by atoms with Crippen molar-refractivity contribution in [3.05, 3.63) is 66.4 Å². The van der Waals surface area contributed by atoms with Crippen LogP contribution in [-0.2, 0) is 0 Å². The van der Waals surface area contributed by atoms with Crippen molar-refractivity contribution in [2.24, 2.45) is 0 Å². The van der Waals surface area contributed by atoms with E-state index in [9.17, 15) is 8.78 Å². The van der Waals surface area contributed by atoms with Gasteiger partial charge in [-0.1, -0.05) is 23.4 Å². The van der Waals surface area contributed by atoms with Crippen LogP contribution in [0.25, 0.3) is 34.1 Å². The van der Waals surface area contributed by atoms with Crippen molar-refractivity contribution < 1.29 is 13.3 Å². The summed E-state index contributed by atoms with van der Waals surface area (Å²) in [4.78, 5) is 4.22. The predicted octanol–water partition coefficient (Wildman–Crippen LogP) is 4.07. The summed E-state index contributed by atoms with van der Waals surface area (Å²) in [6.07, 6.45) is 1.66. The van der Waals surface area contributed by atoms with Gasteiger partial charge in [-0.05, 0) is 24.3 Å². The molecule has 0 aliphatic carbocycles. The monoisotopic (exact) mass is 324 g/mol. The molecule has 0 unspecified atom stereocenters. The quantitative estimate of drug-likeness (QED) is 0.617. The largest absolute Gasteiger partial charge is 0.334 e. The fraction of sp³-hybridized carbons (Fsp3) is 0. The van der Waals surface area contributed by atoms with Crippen LogP contribution in [0.1, 0.15) is 0 Å². The van der Waals surface area contributed by atoms with E-state index < -0.39 is 11.6 Å². The first-order valence-corrected chi connectivity index (χ1v) is 7.09. The Kier molecular flexibility index (Phi) is 3.38. The maximum atomic E-state index is 13.3. The van der Waals surface area contributed by atoms with Crippen molar-refractivity contribution in [3.63, 3.8) is 0 Å². The highest BCUT2D eigenvalue weighted by Crippen LogP contribution is 2.26. The van der Waals surface area contributed by atoms with Gasteiger partial charge < -0.3 is 4.52 Å². The summed E-state index contributed by atoms with van der Waals surface area (Å²) < 4.78 is 31.8. The first-order chi connectivity index (χ1) is 11.7. The number of hydrogen-bond acceptors (Lipinski definition) is 4. The van der Waals surface area contributed by atoms with Gasteiger partial charge in [0, 0.05) is 29.0 Å². The second-order valence-electron chi connectivity index (χ2n) is 5.13. The molecule has 0 radical (unpaired) electrons. The molecule has 0 aliphatic heterocycles. The Hall–Kier alpha value is -3.35. The van der Waals surface area contributed by atoms with E-state index in [4.69, 9.17) is 4.52 Å². The van der Waals surface area contributed by atoms with Gasteiger partial charge in [-0.3, -0.25) is 5.10 Å². The van der Waals surface area contributed by atoms with E-state index in [0.717, 1.165) is 29.5 Å². The molecule has 0 atom stereocenters. The van der Waals surface area contributed by atoms with E-state index in [2.05, 4.69) is 20.3 Å². The van der Waals surface area contributed by atoms with Gasteiger partial charge in [-0.15, -0.1) is 0 Å². The molecular formula is C17H10F2N4O. The average Bonchev–Trinajstić information content (AvgIpc) is 3.26. The lowest BCUT2D eigenvalue weighted by molar-refractivity contribution is 0.431. The highest BCUT2D eigenvalue weighted by atomic mass is 19.1. The number of rotatable bonds is 3. The Labute approximate surface area is 135 Å². The molecule has 4 aromatic rings. The molecule has 5 nitrogen and oxygen atoms in total. The van der Waals surface area contributed by atoms with Gasteiger partial charge in [0.25, 0.3) is 5.89 Å². The summed E-state index contributed by atoms with van der Waals surface area (Å²) in [6.45, 7) is 0. The van der Waals surface area contributed by atoms with Crippen LogP contribution >= 0.6 is 0 Å². The van der Waals surface area contributed by atoms with Crippen molar-refractivity contribution in [2.75, 3.05) is 0 Å². The maximum Gasteiger partial charge on any atom is 0.258 e. The van der Waals surface area contributed by atoms with Gasteiger partial charge in [-0.2, -0.15) is 10.1 Å². The van der Waals surface area contributed by atoms with Gasteiger partial charge in [-0.25, -0.2) is 8.78 Å². The smallest absolute Gasteiger partial charge is 0.258 e. The van der Waals surface area contributed by atoms with Crippen LogP contribution in [0.4, 0.5) is 8.78 Å². The van der Waals surface area contributed by atoms with Gasteiger partial charge in [0.15, 0.2) is 0 Å². The number of hydrogen-bond donors (Lipinski definition) is 1. The summed E-state index contributed by atoms with van der Waals surface area (Å²) in [7, 11) is 0. The Morgan fingerprint density at radius 3 is 2.42 bits per heavy atom. The van der Waals surface area contributed by atoms with Crippen LogP contribution in [0.2, 0.25) is 0 Å². The highest BCUT2D eigenvalue weighted by Gasteiger charge is 2.13. The first-order valence-electron chi connectivity index (χ1n) is 7.09. The van der Waals surface area contributed by atoms with Crippen LogP contribution in [0, 0.1) is 11.6 Å². The number of nitrogens with zero attached hydrogens (tertiary/aromatic N) is 3. The summed E-state index contributed by atoms with van der Waals surface area (Å²) in [6, 6.07) is 12.4. The number of halogens is 2. The van der Waals surface area contributed by atoms with Gasteiger partial charge in [0.2, 0.25) is 5.82 Å². The third-order valence-electron chi connectivity index (χ3n) is 3.47. The number of nitrogens with one attached hydrogen (secondary N) is 1.